The standard InChI is InChI=1S/C16H20F3N3O4/c1-26-15(25)12(9-23)21-14(24)10-4-6-22(7-5-10)13-3-2-11(8-20-13)16(17,18)19/h2-3,8,10,12,23H,4-7,9H2,1H3,(H,21,24)/p+1/t12-/m0/s1. The van der Waals surface area contributed by atoms with Gasteiger partial charge in [-0.25, -0.2) is 9.78 Å². The monoisotopic (exact) mass is 376 g/mol. The van der Waals surface area contributed by atoms with Crippen LogP contribution in [0.5, 0.6) is 0 Å². The molecule has 0 aromatic carbocycles. The maximum Gasteiger partial charge on any atom is 0.419 e. The van der Waals surface area contributed by atoms with Crippen molar-refractivity contribution in [3.63, 3.8) is 0 Å². The van der Waals surface area contributed by atoms with Crippen LogP contribution < -0.4 is 15.2 Å². The third-order valence-electron chi connectivity index (χ3n) is 4.31. The third kappa shape index (κ3) is 4.84. The molecule has 1 amide bonds. The minimum Gasteiger partial charge on any atom is -0.467 e. The summed E-state index contributed by atoms with van der Waals surface area (Å²) in [5.74, 6) is -0.887. The molecule has 7 nitrogen and oxygen atoms in total. The highest BCUT2D eigenvalue weighted by molar-refractivity contribution is 5.85. The van der Waals surface area contributed by atoms with Gasteiger partial charge in [0.25, 0.3) is 5.82 Å². The van der Waals surface area contributed by atoms with Gasteiger partial charge in [-0.2, -0.15) is 13.2 Å². The lowest BCUT2D eigenvalue weighted by atomic mass is 9.95. The first-order valence-electron chi connectivity index (χ1n) is 8.09. The summed E-state index contributed by atoms with van der Waals surface area (Å²) >= 11 is 0. The number of rotatable bonds is 5. The zero-order valence-corrected chi connectivity index (χ0v) is 14.2. The number of aliphatic hydroxyl groups excluding tert-OH is 1. The predicted molar refractivity (Wildman–Crippen MR) is 84.0 cm³/mol. The molecule has 0 bridgehead atoms. The number of hydrogen-bond donors (Lipinski definition) is 2. The molecule has 0 saturated carbocycles. The van der Waals surface area contributed by atoms with Gasteiger partial charge in [0, 0.05) is 12.0 Å². The van der Waals surface area contributed by atoms with Gasteiger partial charge in [-0.05, 0) is 18.9 Å². The van der Waals surface area contributed by atoms with E-state index < -0.39 is 30.4 Å². The number of anilines is 1. The zero-order valence-electron chi connectivity index (χ0n) is 14.2. The Morgan fingerprint density at radius 2 is 2.04 bits per heavy atom. The lowest BCUT2D eigenvalue weighted by molar-refractivity contribution is -0.367. The van der Waals surface area contributed by atoms with Crippen LogP contribution in [0.3, 0.4) is 0 Å². The van der Waals surface area contributed by atoms with Gasteiger partial charge in [-0.1, -0.05) is 0 Å². The van der Waals surface area contributed by atoms with Crippen molar-refractivity contribution in [1.29, 1.82) is 0 Å². The summed E-state index contributed by atoms with van der Waals surface area (Å²) in [4.78, 5) is 28.1. The Hall–Kier alpha value is -2.36. The van der Waals surface area contributed by atoms with Crippen molar-refractivity contribution >= 4 is 17.7 Å². The van der Waals surface area contributed by atoms with Crippen LogP contribution in [0.4, 0.5) is 19.0 Å². The zero-order chi connectivity index (χ0) is 19.3. The first kappa shape index (κ1) is 20.0. The minimum atomic E-state index is -4.40. The lowest BCUT2D eigenvalue weighted by Crippen LogP contribution is -2.49. The molecule has 1 atom stereocenters. The molecule has 1 saturated heterocycles. The van der Waals surface area contributed by atoms with Gasteiger partial charge >= 0.3 is 12.1 Å². The Morgan fingerprint density at radius 1 is 1.38 bits per heavy atom. The summed E-state index contributed by atoms with van der Waals surface area (Å²) in [5.41, 5.74) is -0.756. The van der Waals surface area contributed by atoms with Crippen LogP contribution in [-0.2, 0) is 20.5 Å². The van der Waals surface area contributed by atoms with E-state index in [1.807, 2.05) is 4.90 Å². The van der Waals surface area contributed by atoms with Crippen molar-refractivity contribution in [1.82, 2.24) is 5.32 Å². The number of methoxy groups -OCH3 is 1. The minimum absolute atomic E-state index is 0.348. The highest BCUT2D eigenvalue weighted by Crippen LogP contribution is 2.29. The number of H-pyrrole nitrogens is 1. The Balaban J connectivity index is 1.90. The first-order chi connectivity index (χ1) is 12.3. The molecular weight excluding hydrogens is 355 g/mol. The molecule has 1 aliphatic rings. The van der Waals surface area contributed by atoms with Gasteiger partial charge in [-0.3, -0.25) is 9.69 Å². The molecule has 144 valence electrons. The quantitative estimate of drug-likeness (QED) is 0.725. The highest BCUT2D eigenvalue weighted by Gasteiger charge is 2.34. The summed E-state index contributed by atoms with van der Waals surface area (Å²) in [6, 6.07) is 1.27. The Labute approximate surface area is 148 Å². The normalized spacial score (nSPS) is 16.9. The number of aliphatic hydroxyl groups is 1. The number of esters is 1. The maximum absolute atomic E-state index is 12.6. The molecule has 1 aliphatic heterocycles. The molecule has 1 aromatic rings. The summed E-state index contributed by atoms with van der Waals surface area (Å²) < 4.78 is 42.3. The van der Waals surface area contributed by atoms with Crippen molar-refractivity contribution in [3.8, 4) is 0 Å². The number of carbonyl (C=O) groups is 2. The number of alkyl halides is 3. The SMILES string of the molecule is COC(=O)[C@H](CO)NC(=O)C1CCN(c2ccc(C(F)(F)F)c[nH+]2)CC1. The van der Waals surface area contributed by atoms with Crippen molar-refractivity contribution in [2.75, 3.05) is 31.7 Å². The number of piperidine rings is 1. The third-order valence-corrected chi connectivity index (χ3v) is 4.31. The van der Waals surface area contributed by atoms with Gasteiger partial charge in [0.15, 0.2) is 6.04 Å². The van der Waals surface area contributed by atoms with E-state index in [4.69, 9.17) is 5.11 Å². The fourth-order valence-electron chi connectivity index (χ4n) is 2.78. The van der Waals surface area contributed by atoms with E-state index in [-0.39, 0.29) is 11.8 Å². The fraction of sp³-hybridized carbons (Fsp3) is 0.562. The topological polar surface area (TPSA) is 93.0 Å². The molecule has 0 aliphatic carbocycles. The van der Waals surface area contributed by atoms with Crippen molar-refractivity contribution in [3.05, 3.63) is 23.9 Å². The number of hydrogen-bond acceptors (Lipinski definition) is 5. The highest BCUT2D eigenvalue weighted by atomic mass is 19.4. The molecular formula is C16H21F3N3O4+. The molecule has 0 unspecified atom stereocenters. The lowest BCUT2D eigenvalue weighted by Gasteiger charge is -2.27. The molecule has 0 spiro atoms. The van der Waals surface area contributed by atoms with Crippen molar-refractivity contribution in [2.45, 2.75) is 25.1 Å². The van der Waals surface area contributed by atoms with Crippen LogP contribution in [0, 0.1) is 5.92 Å². The number of nitrogens with zero attached hydrogens (tertiary/aromatic N) is 1. The van der Waals surface area contributed by atoms with Gasteiger partial charge in [0.05, 0.1) is 32.4 Å². The van der Waals surface area contributed by atoms with Gasteiger partial charge in [0.2, 0.25) is 5.91 Å². The summed E-state index contributed by atoms with van der Waals surface area (Å²) in [5, 5.41) is 11.6. The molecule has 26 heavy (non-hydrogen) atoms. The van der Waals surface area contributed by atoms with Gasteiger partial charge in [-0.15, -0.1) is 0 Å². The van der Waals surface area contributed by atoms with Gasteiger partial charge in [0.1, 0.15) is 6.20 Å². The van der Waals surface area contributed by atoms with Crippen LogP contribution in [0.1, 0.15) is 18.4 Å². The number of aromatic amines is 1. The first-order valence-corrected chi connectivity index (χ1v) is 8.09. The number of aromatic nitrogens is 1. The number of carbonyl (C=O) groups excluding carboxylic acids is 2. The average Bonchev–Trinajstić information content (AvgIpc) is 2.64. The largest absolute Gasteiger partial charge is 0.467 e. The van der Waals surface area contributed by atoms with Crippen molar-refractivity contribution in [2.24, 2.45) is 5.92 Å². The average molecular weight is 376 g/mol. The molecule has 3 N–H and O–H groups in total. The van der Waals surface area contributed by atoms with E-state index in [9.17, 15) is 22.8 Å². The second kappa shape index (κ2) is 8.35. The molecule has 0 radical (unpaired) electrons. The van der Waals surface area contributed by atoms with Crippen LogP contribution in [0.15, 0.2) is 18.3 Å². The van der Waals surface area contributed by atoms with Gasteiger partial charge < -0.3 is 15.2 Å². The molecule has 1 fully saturated rings. The number of ether oxygens (including phenoxy) is 1. The number of amides is 1. The van der Waals surface area contributed by atoms with E-state index >= 15 is 0 Å². The summed E-state index contributed by atoms with van der Waals surface area (Å²) in [6.45, 7) is 0.391. The fourth-order valence-corrected chi connectivity index (χ4v) is 2.78. The second-order valence-electron chi connectivity index (χ2n) is 5.99. The Kier molecular flexibility index (Phi) is 6.41. The number of nitrogens with one attached hydrogen (secondary N) is 2. The molecule has 10 heteroatoms. The smallest absolute Gasteiger partial charge is 0.419 e. The molecule has 1 aromatic heterocycles. The van der Waals surface area contributed by atoms with Crippen LogP contribution in [0.25, 0.3) is 0 Å². The van der Waals surface area contributed by atoms with Crippen molar-refractivity contribution < 1.29 is 37.6 Å². The Bertz CT molecular complexity index is 629. The Morgan fingerprint density at radius 3 is 2.50 bits per heavy atom. The molecule has 2 heterocycles. The number of halogens is 3. The van der Waals surface area contributed by atoms with E-state index in [1.54, 1.807) is 0 Å². The van der Waals surface area contributed by atoms with E-state index in [0.717, 1.165) is 19.4 Å². The summed E-state index contributed by atoms with van der Waals surface area (Å²) in [7, 11) is 1.16. The van der Waals surface area contributed by atoms with Crippen LogP contribution >= 0.6 is 0 Å². The van der Waals surface area contributed by atoms with Crippen LogP contribution in [-0.4, -0.2) is 49.8 Å². The second-order valence-corrected chi connectivity index (χ2v) is 5.99. The predicted octanol–water partition coefficient (Wildman–Crippen LogP) is 0.386. The van der Waals surface area contributed by atoms with E-state index in [0.29, 0.717) is 31.7 Å². The van der Waals surface area contributed by atoms with E-state index in [2.05, 4.69) is 15.0 Å². The van der Waals surface area contributed by atoms with E-state index in [1.165, 1.54) is 6.07 Å². The molecule has 2 rings (SSSR count). The number of pyridine rings is 1. The maximum atomic E-state index is 12.6. The van der Waals surface area contributed by atoms with Crippen LogP contribution in [0.2, 0.25) is 0 Å². The summed E-state index contributed by atoms with van der Waals surface area (Å²) in [6.07, 6.45) is -2.54.